The predicted octanol–water partition coefficient (Wildman–Crippen LogP) is 3.97. The van der Waals surface area contributed by atoms with Crippen LogP contribution in [0.2, 0.25) is 0 Å². The third kappa shape index (κ3) is 2.90. The van der Waals surface area contributed by atoms with E-state index in [1.807, 2.05) is 17.5 Å². The third-order valence-corrected chi connectivity index (χ3v) is 3.75. The molecule has 3 heterocycles. The molecular formula is C15H13NO4S. The lowest BCUT2D eigenvalue weighted by atomic mass is 10.2. The maximum Gasteiger partial charge on any atom is 0.342 e. The van der Waals surface area contributed by atoms with Crippen molar-refractivity contribution >= 4 is 17.3 Å². The molecule has 0 amide bonds. The fraction of sp³-hybridized carbons (Fsp3) is 0.200. The van der Waals surface area contributed by atoms with Gasteiger partial charge >= 0.3 is 5.97 Å². The van der Waals surface area contributed by atoms with Crippen molar-refractivity contribution in [2.45, 2.75) is 20.5 Å². The van der Waals surface area contributed by atoms with Crippen LogP contribution < -0.4 is 0 Å². The molecule has 0 bridgehead atoms. The molecule has 6 heteroatoms. The first-order valence-corrected chi connectivity index (χ1v) is 7.24. The lowest BCUT2D eigenvalue weighted by molar-refractivity contribution is 0.0466. The average molecular weight is 303 g/mol. The van der Waals surface area contributed by atoms with Gasteiger partial charge in [-0.05, 0) is 31.4 Å². The Morgan fingerprint density at radius 2 is 2.29 bits per heavy atom. The first-order chi connectivity index (χ1) is 10.1. The van der Waals surface area contributed by atoms with Gasteiger partial charge in [0.1, 0.15) is 35.6 Å². The molecule has 0 fully saturated rings. The molecule has 0 radical (unpaired) electrons. The van der Waals surface area contributed by atoms with Crippen molar-refractivity contribution in [2.75, 3.05) is 0 Å². The Morgan fingerprint density at radius 1 is 1.43 bits per heavy atom. The van der Waals surface area contributed by atoms with Crippen LogP contribution in [-0.4, -0.2) is 11.0 Å². The van der Waals surface area contributed by atoms with Crippen molar-refractivity contribution in [1.29, 1.82) is 0 Å². The SMILES string of the molecule is Cc1cc(C(=O)OCc2coc(-c3cccs3)n2)c(C)o1. The molecule has 0 saturated heterocycles. The van der Waals surface area contributed by atoms with Crippen molar-refractivity contribution < 1.29 is 18.4 Å². The van der Waals surface area contributed by atoms with Gasteiger partial charge in [-0.3, -0.25) is 0 Å². The molecule has 21 heavy (non-hydrogen) atoms. The Hall–Kier alpha value is -2.34. The number of esters is 1. The molecule has 0 spiro atoms. The number of carbonyl (C=O) groups excluding carboxylic acids is 1. The number of ether oxygens (including phenoxy) is 1. The van der Waals surface area contributed by atoms with E-state index in [2.05, 4.69) is 4.98 Å². The molecule has 0 aromatic carbocycles. The number of thiophene rings is 1. The second-order valence-corrected chi connectivity index (χ2v) is 5.47. The predicted molar refractivity (Wildman–Crippen MR) is 77.1 cm³/mol. The minimum atomic E-state index is -0.426. The zero-order valence-corrected chi connectivity index (χ0v) is 12.4. The van der Waals surface area contributed by atoms with E-state index in [0.29, 0.717) is 28.7 Å². The number of nitrogens with zero attached hydrogens (tertiary/aromatic N) is 1. The first-order valence-electron chi connectivity index (χ1n) is 6.36. The summed E-state index contributed by atoms with van der Waals surface area (Å²) in [4.78, 5) is 17.2. The van der Waals surface area contributed by atoms with Gasteiger partial charge in [-0.2, -0.15) is 0 Å². The number of furan rings is 1. The summed E-state index contributed by atoms with van der Waals surface area (Å²) < 4.78 is 15.9. The Balaban J connectivity index is 1.65. The van der Waals surface area contributed by atoms with Crippen LogP contribution in [0, 0.1) is 13.8 Å². The molecule has 108 valence electrons. The number of hydrogen-bond donors (Lipinski definition) is 0. The highest BCUT2D eigenvalue weighted by Crippen LogP contribution is 2.24. The van der Waals surface area contributed by atoms with E-state index in [1.165, 1.54) is 17.6 Å². The van der Waals surface area contributed by atoms with Gasteiger partial charge in [-0.15, -0.1) is 11.3 Å². The van der Waals surface area contributed by atoms with E-state index < -0.39 is 5.97 Å². The Kier molecular flexibility index (Phi) is 3.62. The second-order valence-electron chi connectivity index (χ2n) is 4.52. The summed E-state index contributed by atoms with van der Waals surface area (Å²) in [7, 11) is 0. The van der Waals surface area contributed by atoms with Gasteiger partial charge in [0.05, 0.1) is 4.88 Å². The maximum atomic E-state index is 11.9. The fourth-order valence-electron chi connectivity index (χ4n) is 1.94. The van der Waals surface area contributed by atoms with Crippen LogP contribution in [0.5, 0.6) is 0 Å². The zero-order chi connectivity index (χ0) is 14.8. The number of carbonyl (C=O) groups is 1. The number of hydrogen-bond acceptors (Lipinski definition) is 6. The quantitative estimate of drug-likeness (QED) is 0.682. The summed E-state index contributed by atoms with van der Waals surface area (Å²) in [6.07, 6.45) is 1.50. The minimum Gasteiger partial charge on any atom is -0.466 e. The average Bonchev–Trinajstić information content (AvgIpc) is 3.15. The number of oxazole rings is 1. The van der Waals surface area contributed by atoms with Crippen LogP contribution in [0.3, 0.4) is 0 Å². The largest absolute Gasteiger partial charge is 0.466 e. The van der Waals surface area contributed by atoms with Crippen LogP contribution in [0.4, 0.5) is 0 Å². The molecule has 0 N–H and O–H groups in total. The van der Waals surface area contributed by atoms with Crippen molar-refractivity contribution in [1.82, 2.24) is 4.98 Å². The first kappa shape index (κ1) is 13.6. The molecule has 3 rings (SSSR count). The smallest absolute Gasteiger partial charge is 0.342 e. The van der Waals surface area contributed by atoms with E-state index in [0.717, 1.165) is 4.88 Å². The molecule has 5 nitrogen and oxygen atoms in total. The summed E-state index contributed by atoms with van der Waals surface area (Å²) in [6.45, 7) is 3.58. The molecule has 0 aliphatic heterocycles. The highest BCUT2D eigenvalue weighted by molar-refractivity contribution is 7.13. The second kappa shape index (κ2) is 5.57. The molecule has 3 aromatic rings. The van der Waals surface area contributed by atoms with Gasteiger partial charge in [0, 0.05) is 0 Å². The van der Waals surface area contributed by atoms with E-state index >= 15 is 0 Å². The van der Waals surface area contributed by atoms with Gasteiger partial charge in [0.2, 0.25) is 5.89 Å². The van der Waals surface area contributed by atoms with Crippen LogP contribution in [0.1, 0.15) is 27.6 Å². The van der Waals surface area contributed by atoms with Crippen molar-refractivity contribution in [3.8, 4) is 10.8 Å². The molecular weight excluding hydrogens is 290 g/mol. The molecule has 0 aliphatic carbocycles. The van der Waals surface area contributed by atoms with E-state index in [1.54, 1.807) is 19.9 Å². The van der Waals surface area contributed by atoms with Crippen molar-refractivity contribution in [2.24, 2.45) is 0 Å². The van der Waals surface area contributed by atoms with Gasteiger partial charge < -0.3 is 13.6 Å². The number of aryl methyl sites for hydroxylation is 2. The standard InChI is InChI=1S/C15H13NO4S/c1-9-6-12(10(2)20-9)15(17)19-8-11-7-18-14(16-11)13-4-3-5-21-13/h3-7H,8H2,1-2H3. The number of rotatable bonds is 4. The summed E-state index contributed by atoms with van der Waals surface area (Å²) in [5, 5.41) is 1.95. The highest BCUT2D eigenvalue weighted by atomic mass is 32.1. The van der Waals surface area contributed by atoms with Gasteiger partial charge in [-0.25, -0.2) is 9.78 Å². The number of aromatic nitrogens is 1. The Bertz CT molecular complexity index is 755. The third-order valence-electron chi connectivity index (χ3n) is 2.90. The highest BCUT2D eigenvalue weighted by Gasteiger charge is 2.16. The van der Waals surface area contributed by atoms with E-state index in [9.17, 15) is 4.79 Å². The van der Waals surface area contributed by atoms with Crippen molar-refractivity contribution in [3.05, 3.63) is 52.6 Å². The van der Waals surface area contributed by atoms with Gasteiger partial charge in [-0.1, -0.05) is 6.07 Å². The summed E-state index contributed by atoms with van der Waals surface area (Å²) in [6, 6.07) is 5.51. The van der Waals surface area contributed by atoms with Crippen LogP contribution in [0.15, 0.2) is 38.7 Å². The molecule has 0 saturated carbocycles. The summed E-state index contributed by atoms with van der Waals surface area (Å²) in [5.74, 6) is 1.34. The summed E-state index contributed by atoms with van der Waals surface area (Å²) in [5.41, 5.74) is 1.01. The molecule has 0 unspecified atom stereocenters. The molecule has 0 atom stereocenters. The summed E-state index contributed by atoms with van der Waals surface area (Å²) >= 11 is 1.54. The molecule has 0 aliphatic rings. The van der Waals surface area contributed by atoms with Crippen molar-refractivity contribution in [3.63, 3.8) is 0 Å². The van der Waals surface area contributed by atoms with Gasteiger partial charge in [0.15, 0.2) is 0 Å². The van der Waals surface area contributed by atoms with E-state index in [4.69, 9.17) is 13.6 Å². The Labute approximate surface area is 125 Å². The van der Waals surface area contributed by atoms with Crippen LogP contribution in [-0.2, 0) is 11.3 Å². The monoisotopic (exact) mass is 303 g/mol. The zero-order valence-electron chi connectivity index (χ0n) is 11.6. The minimum absolute atomic E-state index is 0.0668. The fourth-order valence-corrected chi connectivity index (χ4v) is 2.59. The topological polar surface area (TPSA) is 65.5 Å². The normalized spacial score (nSPS) is 10.8. The maximum absolute atomic E-state index is 11.9. The lowest BCUT2D eigenvalue weighted by Crippen LogP contribution is -2.05. The van der Waals surface area contributed by atoms with Gasteiger partial charge in [0.25, 0.3) is 0 Å². The lowest BCUT2D eigenvalue weighted by Gasteiger charge is -2.00. The molecule has 3 aromatic heterocycles. The van der Waals surface area contributed by atoms with Crippen LogP contribution in [0.25, 0.3) is 10.8 Å². The van der Waals surface area contributed by atoms with E-state index in [-0.39, 0.29) is 6.61 Å². The Morgan fingerprint density at radius 3 is 2.95 bits per heavy atom. The van der Waals surface area contributed by atoms with Crippen LogP contribution >= 0.6 is 11.3 Å².